The smallest absolute Gasteiger partial charge is 0.335 e. The summed E-state index contributed by atoms with van der Waals surface area (Å²) in [6, 6.07) is 12.2. The number of carbonyl (C=O) groups excluding carboxylic acids is 1. The van der Waals surface area contributed by atoms with Crippen molar-refractivity contribution in [3.63, 3.8) is 0 Å². The Kier molecular flexibility index (Phi) is 3.55. The van der Waals surface area contributed by atoms with Gasteiger partial charge in [0.15, 0.2) is 6.10 Å². The standard InChI is InChI=1S/C17H15NO4/c1-10-8-12(17(20)21)6-7-13(10)18-16(19)15-9-11-4-2-3-5-14(11)22-15/h2-8,15H,9H2,1H3,(H,18,19)(H,20,21). The minimum atomic E-state index is -0.990. The van der Waals surface area contributed by atoms with Gasteiger partial charge < -0.3 is 15.2 Å². The Bertz CT molecular complexity index is 729. The third-order valence-electron chi connectivity index (χ3n) is 3.67. The van der Waals surface area contributed by atoms with Crippen LogP contribution in [0.25, 0.3) is 0 Å². The molecule has 1 amide bonds. The molecule has 1 heterocycles. The van der Waals surface area contributed by atoms with Crippen molar-refractivity contribution in [1.82, 2.24) is 0 Å². The van der Waals surface area contributed by atoms with E-state index in [0.717, 1.165) is 11.3 Å². The summed E-state index contributed by atoms with van der Waals surface area (Å²) in [4.78, 5) is 23.2. The highest BCUT2D eigenvalue weighted by molar-refractivity contribution is 5.96. The highest BCUT2D eigenvalue weighted by atomic mass is 16.5. The molecule has 0 fully saturated rings. The van der Waals surface area contributed by atoms with Crippen LogP contribution < -0.4 is 10.1 Å². The lowest BCUT2D eigenvalue weighted by Crippen LogP contribution is -2.31. The van der Waals surface area contributed by atoms with Crippen molar-refractivity contribution < 1.29 is 19.4 Å². The van der Waals surface area contributed by atoms with Crippen molar-refractivity contribution in [2.24, 2.45) is 0 Å². The molecule has 0 radical (unpaired) electrons. The molecule has 0 aliphatic carbocycles. The fraction of sp³-hybridized carbons (Fsp3) is 0.176. The van der Waals surface area contributed by atoms with Gasteiger partial charge in [0.2, 0.25) is 0 Å². The second-order valence-corrected chi connectivity index (χ2v) is 5.24. The molecule has 2 N–H and O–H groups in total. The Balaban J connectivity index is 1.72. The summed E-state index contributed by atoms with van der Waals surface area (Å²) < 4.78 is 5.64. The lowest BCUT2D eigenvalue weighted by atomic mass is 10.1. The first-order valence-electron chi connectivity index (χ1n) is 6.94. The van der Waals surface area contributed by atoms with E-state index in [4.69, 9.17) is 9.84 Å². The van der Waals surface area contributed by atoms with E-state index >= 15 is 0 Å². The van der Waals surface area contributed by atoms with Crippen molar-refractivity contribution in [2.45, 2.75) is 19.4 Å². The summed E-state index contributed by atoms with van der Waals surface area (Å²) in [5.41, 5.74) is 2.50. The molecule has 22 heavy (non-hydrogen) atoms. The number of aryl methyl sites for hydroxylation is 1. The number of benzene rings is 2. The number of hydrogen-bond acceptors (Lipinski definition) is 3. The number of hydrogen-bond donors (Lipinski definition) is 2. The molecule has 5 nitrogen and oxygen atoms in total. The van der Waals surface area contributed by atoms with Gasteiger partial charge in [0.05, 0.1) is 5.56 Å². The topological polar surface area (TPSA) is 75.6 Å². The first kappa shape index (κ1) is 14.1. The molecule has 0 saturated carbocycles. The molecule has 3 rings (SSSR count). The maximum atomic E-state index is 12.3. The monoisotopic (exact) mass is 297 g/mol. The Labute approximate surface area is 127 Å². The van der Waals surface area contributed by atoms with Crippen LogP contribution in [0.1, 0.15) is 21.5 Å². The fourth-order valence-electron chi connectivity index (χ4n) is 2.48. The van der Waals surface area contributed by atoms with E-state index in [1.807, 2.05) is 24.3 Å². The van der Waals surface area contributed by atoms with Gasteiger partial charge in [-0.05, 0) is 42.3 Å². The fourth-order valence-corrected chi connectivity index (χ4v) is 2.48. The van der Waals surface area contributed by atoms with Crippen molar-refractivity contribution in [2.75, 3.05) is 5.32 Å². The predicted molar refractivity (Wildman–Crippen MR) is 81.3 cm³/mol. The number of carboxylic acid groups (broad SMARTS) is 1. The number of ether oxygens (including phenoxy) is 1. The number of rotatable bonds is 3. The largest absolute Gasteiger partial charge is 0.480 e. The van der Waals surface area contributed by atoms with Crippen LogP contribution in [0.15, 0.2) is 42.5 Å². The van der Waals surface area contributed by atoms with Crippen LogP contribution in [-0.4, -0.2) is 23.1 Å². The van der Waals surface area contributed by atoms with E-state index in [1.165, 1.54) is 12.1 Å². The van der Waals surface area contributed by atoms with E-state index in [1.54, 1.807) is 13.0 Å². The molecule has 1 aliphatic rings. The van der Waals surface area contributed by atoms with E-state index in [9.17, 15) is 9.59 Å². The van der Waals surface area contributed by atoms with Gasteiger partial charge in [-0.15, -0.1) is 0 Å². The van der Waals surface area contributed by atoms with Crippen molar-refractivity contribution in [3.8, 4) is 5.75 Å². The van der Waals surface area contributed by atoms with Crippen LogP contribution >= 0.6 is 0 Å². The van der Waals surface area contributed by atoms with Crippen LogP contribution in [-0.2, 0) is 11.2 Å². The van der Waals surface area contributed by atoms with E-state index in [2.05, 4.69) is 5.32 Å². The van der Waals surface area contributed by atoms with Crippen LogP contribution in [0.2, 0.25) is 0 Å². The third-order valence-corrected chi connectivity index (χ3v) is 3.67. The number of carboxylic acids is 1. The molecule has 2 aromatic rings. The molecular formula is C17H15NO4. The maximum Gasteiger partial charge on any atom is 0.335 e. The molecule has 1 atom stereocenters. The predicted octanol–water partition coefficient (Wildman–Crippen LogP) is 2.64. The van der Waals surface area contributed by atoms with Crippen molar-refractivity contribution >= 4 is 17.6 Å². The van der Waals surface area contributed by atoms with Crippen LogP contribution in [0, 0.1) is 6.92 Å². The highest BCUT2D eigenvalue weighted by Gasteiger charge is 2.29. The number of amides is 1. The molecule has 112 valence electrons. The second kappa shape index (κ2) is 5.52. The minimum absolute atomic E-state index is 0.194. The molecule has 1 aliphatic heterocycles. The first-order chi connectivity index (χ1) is 10.5. The Hall–Kier alpha value is -2.82. The highest BCUT2D eigenvalue weighted by Crippen LogP contribution is 2.29. The van der Waals surface area contributed by atoms with Crippen LogP contribution in [0.4, 0.5) is 5.69 Å². The number of para-hydroxylation sites is 1. The zero-order valence-electron chi connectivity index (χ0n) is 12.0. The summed E-state index contributed by atoms with van der Waals surface area (Å²) in [7, 11) is 0. The summed E-state index contributed by atoms with van der Waals surface area (Å²) in [6.45, 7) is 1.76. The zero-order chi connectivity index (χ0) is 15.7. The molecule has 1 unspecified atom stereocenters. The average molecular weight is 297 g/mol. The molecule has 5 heteroatoms. The lowest BCUT2D eigenvalue weighted by Gasteiger charge is -2.13. The zero-order valence-corrected chi connectivity index (χ0v) is 12.0. The molecular weight excluding hydrogens is 282 g/mol. The lowest BCUT2D eigenvalue weighted by molar-refractivity contribution is -0.122. The van der Waals surface area contributed by atoms with Gasteiger partial charge in [-0.1, -0.05) is 18.2 Å². The van der Waals surface area contributed by atoms with E-state index in [-0.39, 0.29) is 11.5 Å². The Morgan fingerprint density at radius 2 is 2.00 bits per heavy atom. The minimum Gasteiger partial charge on any atom is -0.480 e. The third kappa shape index (κ3) is 2.65. The van der Waals surface area contributed by atoms with Gasteiger partial charge in [-0.3, -0.25) is 4.79 Å². The maximum absolute atomic E-state index is 12.3. The quantitative estimate of drug-likeness (QED) is 0.913. The summed E-state index contributed by atoms with van der Waals surface area (Å²) in [5, 5.41) is 11.7. The van der Waals surface area contributed by atoms with E-state index < -0.39 is 12.1 Å². The van der Waals surface area contributed by atoms with E-state index in [0.29, 0.717) is 17.7 Å². The molecule has 0 saturated heterocycles. The number of aromatic carboxylic acids is 1. The van der Waals surface area contributed by atoms with Gasteiger partial charge in [-0.25, -0.2) is 4.79 Å². The average Bonchev–Trinajstić information content (AvgIpc) is 2.93. The second-order valence-electron chi connectivity index (χ2n) is 5.24. The van der Waals surface area contributed by atoms with Crippen LogP contribution in [0.5, 0.6) is 5.75 Å². The summed E-state index contributed by atoms with van der Waals surface area (Å²) in [5.74, 6) is -0.487. The SMILES string of the molecule is Cc1cc(C(=O)O)ccc1NC(=O)C1Cc2ccccc2O1. The van der Waals surface area contributed by atoms with Gasteiger partial charge in [0, 0.05) is 12.1 Å². The van der Waals surface area contributed by atoms with Gasteiger partial charge in [0.1, 0.15) is 5.75 Å². The molecule has 0 spiro atoms. The Morgan fingerprint density at radius 1 is 1.23 bits per heavy atom. The first-order valence-corrected chi connectivity index (χ1v) is 6.94. The molecule has 2 aromatic carbocycles. The molecule has 0 bridgehead atoms. The van der Waals surface area contributed by atoms with Crippen molar-refractivity contribution in [1.29, 1.82) is 0 Å². The van der Waals surface area contributed by atoms with Gasteiger partial charge in [-0.2, -0.15) is 0 Å². The van der Waals surface area contributed by atoms with Gasteiger partial charge >= 0.3 is 5.97 Å². The summed E-state index contributed by atoms with van der Waals surface area (Å²) >= 11 is 0. The number of carbonyl (C=O) groups is 2. The normalized spacial score (nSPS) is 15.8. The van der Waals surface area contributed by atoms with Crippen molar-refractivity contribution in [3.05, 3.63) is 59.2 Å². The molecule has 0 aromatic heterocycles. The number of anilines is 1. The van der Waals surface area contributed by atoms with Gasteiger partial charge in [0.25, 0.3) is 5.91 Å². The van der Waals surface area contributed by atoms with Crippen LogP contribution in [0.3, 0.4) is 0 Å². The number of fused-ring (bicyclic) bond motifs is 1. The number of nitrogens with one attached hydrogen (secondary N) is 1. The Morgan fingerprint density at radius 3 is 2.68 bits per heavy atom. The summed E-state index contributed by atoms with van der Waals surface area (Å²) in [6.07, 6.45) is -0.0233.